The lowest BCUT2D eigenvalue weighted by Gasteiger charge is -2.18. The molecule has 2 aromatic rings. The first-order valence-electron chi connectivity index (χ1n) is 5.82. The van der Waals surface area contributed by atoms with E-state index in [0.29, 0.717) is 5.15 Å². The number of rotatable bonds is 4. The fourth-order valence-corrected chi connectivity index (χ4v) is 2.34. The van der Waals surface area contributed by atoms with Gasteiger partial charge in [-0.15, -0.1) is 0 Å². The maximum Gasteiger partial charge on any atom is 0.129 e. The summed E-state index contributed by atoms with van der Waals surface area (Å²) in [6, 6.07) is 12.3. The fourth-order valence-electron chi connectivity index (χ4n) is 1.81. The summed E-state index contributed by atoms with van der Waals surface area (Å²) in [6.07, 6.45) is 2.75. The number of anilines is 1. The maximum atomic E-state index is 5.77. The number of benzene rings is 1. The summed E-state index contributed by atoms with van der Waals surface area (Å²) in [6.45, 7) is 2.15. The van der Waals surface area contributed by atoms with E-state index >= 15 is 0 Å². The Bertz CT molecular complexity index is 513. The molecule has 0 aliphatic rings. The van der Waals surface area contributed by atoms with Crippen LogP contribution in [0.25, 0.3) is 0 Å². The Labute approximate surface area is 121 Å². The fraction of sp³-hybridized carbons (Fsp3) is 0.214. The third kappa shape index (κ3) is 3.47. The second-order valence-corrected chi connectivity index (χ2v) is 5.33. The largest absolute Gasteiger partial charge is 0.377 e. The number of nitrogens with one attached hydrogen (secondary N) is 1. The minimum atomic E-state index is 0.269. The maximum absolute atomic E-state index is 5.77. The third-order valence-electron chi connectivity index (χ3n) is 2.73. The van der Waals surface area contributed by atoms with Gasteiger partial charge in [-0.25, -0.2) is 4.98 Å². The van der Waals surface area contributed by atoms with E-state index in [1.165, 1.54) is 5.56 Å². The molecule has 0 bridgehead atoms. The van der Waals surface area contributed by atoms with E-state index in [-0.39, 0.29) is 6.04 Å². The van der Waals surface area contributed by atoms with Gasteiger partial charge < -0.3 is 5.32 Å². The van der Waals surface area contributed by atoms with Crippen LogP contribution >= 0.6 is 27.5 Å². The summed E-state index contributed by atoms with van der Waals surface area (Å²) in [7, 11) is 0. The molecule has 0 spiro atoms. The normalized spacial score (nSPS) is 12.2. The van der Waals surface area contributed by atoms with Gasteiger partial charge in [0.2, 0.25) is 0 Å². The van der Waals surface area contributed by atoms with Crippen LogP contribution in [-0.4, -0.2) is 4.98 Å². The lowest BCUT2D eigenvalue weighted by Crippen LogP contribution is -2.09. The first-order valence-corrected chi connectivity index (χ1v) is 6.99. The zero-order chi connectivity index (χ0) is 13.0. The van der Waals surface area contributed by atoms with Crippen LogP contribution in [0.2, 0.25) is 5.15 Å². The van der Waals surface area contributed by atoms with Crippen molar-refractivity contribution in [2.75, 3.05) is 5.32 Å². The topological polar surface area (TPSA) is 24.9 Å². The molecule has 1 aromatic carbocycles. The SMILES string of the molecule is CCC(Nc1ccc(Cl)nc1)c1cccc(Br)c1. The molecular weight excluding hydrogens is 312 g/mol. The van der Waals surface area contributed by atoms with Crippen LogP contribution < -0.4 is 5.32 Å². The van der Waals surface area contributed by atoms with Gasteiger partial charge in [0.25, 0.3) is 0 Å². The standard InChI is InChI=1S/C14H14BrClN2/c1-2-13(10-4-3-5-11(15)8-10)18-12-6-7-14(16)17-9-12/h3-9,13,18H,2H2,1H3. The van der Waals surface area contributed by atoms with E-state index in [0.717, 1.165) is 16.6 Å². The van der Waals surface area contributed by atoms with Crippen LogP contribution in [0.5, 0.6) is 0 Å². The highest BCUT2D eigenvalue weighted by Gasteiger charge is 2.09. The second kappa shape index (κ2) is 6.21. The lowest BCUT2D eigenvalue weighted by atomic mass is 10.0. The zero-order valence-corrected chi connectivity index (χ0v) is 12.4. The number of nitrogens with zero attached hydrogens (tertiary/aromatic N) is 1. The van der Waals surface area contributed by atoms with Gasteiger partial charge >= 0.3 is 0 Å². The Balaban J connectivity index is 2.17. The van der Waals surface area contributed by atoms with Crippen LogP contribution in [0.1, 0.15) is 24.9 Å². The van der Waals surface area contributed by atoms with Crippen molar-refractivity contribution in [3.63, 3.8) is 0 Å². The molecule has 0 aliphatic heterocycles. The van der Waals surface area contributed by atoms with E-state index in [2.05, 4.69) is 45.3 Å². The predicted molar refractivity (Wildman–Crippen MR) is 80.0 cm³/mol. The molecule has 4 heteroatoms. The Kier molecular flexibility index (Phi) is 4.61. The number of aromatic nitrogens is 1. The Morgan fingerprint density at radius 1 is 1.33 bits per heavy atom. The van der Waals surface area contributed by atoms with Gasteiger partial charge in [-0.05, 0) is 36.2 Å². The first-order chi connectivity index (χ1) is 8.69. The zero-order valence-electron chi connectivity index (χ0n) is 10.0. The van der Waals surface area contributed by atoms with Gasteiger partial charge in [0.05, 0.1) is 17.9 Å². The van der Waals surface area contributed by atoms with Gasteiger partial charge in [-0.3, -0.25) is 0 Å². The van der Waals surface area contributed by atoms with Crippen LogP contribution in [0.15, 0.2) is 47.1 Å². The molecule has 1 unspecified atom stereocenters. The van der Waals surface area contributed by atoms with Crippen molar-refractivity contribution in [2.24, 2.45) is 0 Å². The molecule has 0 radical (unpaired) electrons. The van der Waals surface area contributed by atoms with Crippen LogP contribution in [0.4, 0.5) is 5.69 Å². The lowest BCUT2D eigenvalue weighted by molar-refractivity contribution is 0.748. The quantitative estimate of drug-likeness (QED) is 0.795. The molecular formula is C14H14BrClN2. The van der Waals surface area contributed by atoms with Gasteiger partial charge in [-0.1, -0.05) is 46.6 Å². The molecule has 0 fully saturated rings. The molecule has 2 rings (SSSR count). The van der Waals surface area contributed by atoms with Crippen molar-refractivity contribution >= 4 is 33.2 Å². The smallest absolute Gasteiger partial charge is 0.129 e. The molecule has 0 saturated carbocycles. The summed E-state index contributed by atoms with van der Waals surface area (Å²) in [5, 5.41) is 3.97. The molecule has 94 valence electrons. The molecule has 0 saturated heterocycles. The Morgan fingerprint density at radius 3 is 2.78 bits per heavy atom. The van der Waals surface area contributed by atoms with Crippen molar-refractivity contribution in [2.45, 2.75) is 19.4 Å². The van der Waals surface area contributed by atoms with Gasteiger partial charge in [0, 0.05) is 4.47 Å². The Morgan fingerprint density at radius 2 is 2.17 bits per heavy atom. The summed E-state index contributed by atoms with van der Waals surface area (Å²) < 4.78 is 1.09. The van der Waals surface area contributed by atoms with E-state index in [9.17, 15) is 0 Å². The van der Waals surface area contributed by atoms with Crippen molar-refractivity contribution in [3.8, 4) is 0 Å². The molecule has 1 heterocycles. The molecule has 1 N–H and O–H groups in total. The van der Waals surface area contributed by atoms with Crippen LogP contribution in [-0.2, 0) is 0 Å². The molecule has 2 nitrogen and oxygen atoms in total. The average molecular weight is 326 g/mol. The highest BCUT2D eigenvalue weighted by molar-refractivity contribution is 9.10. The second-order valence-electron chi connectivity index (χ2n) is 4.03. The summed E-state index contributed by atoms with van der Waals surface area (Å²) >= 11 is 9.27. The molecule has 18 heavy (non-hydrogen) atoms. The summed E-state index contributed by atoms with van der Waals surface area (Å²) in [5.41, 5.74) is 2.23. The highest BCUT2D eigenvalue weighted by atomic mass is 79.9. The average Bonchev–Trinajstić information content (AvgIpc) is 2.38. The number of halogens is 2. The van der Waals surface area contributed by atoms with E-state index in [1.54, 1.807) is 12.3 Å². The first kappa shape index (κ1) is 13.4. The monoisotopic (exact) mass is 324 g/mol. The Hall–Kier alpha value is -1.06. The minimum Gasteiger partial charge on any atom is -0.377 e. The van der Waals surface area contributed by atoms with E-state index in [1.807, 2.05) is 18.2 Å². The van der Waals surface area contributed by atoms with Crippen molar-refractivity contribution in [1.29, 1.82) is 0 Å². The van der Waals surface area contributed by atoms with E-state index in [4.69, 9.17) is 11.6 Å². The molecule has 1 atom stereocenters. The van der Waals surface area contributed by atoms with Gasteiger partial charge in [0.1, 0.15) is 5.15 Å². The van der Waals surface area contributed by atoms with E-state index < -0.39 is 0 Å². The summed E-state index contributed by atoms with van der Waals surface area (Å²) in [4.78, 5) is 4.07. The highest BCUT2D eigenvalue weighted by Crippen LogP contribution is 2.24. The van der Waals surface area contributed by atoms with Gasteiger partial charge in [-0.2, -0.15) is 0 Å². The predicted octanol–water partition coefficient (Wildman–Crippen LogP) is 5.06. The molecule has 0 amide bonds. The third-order valence-corrected chi connectivity index (χ3v) is 3.44. The van der Waals surface area contributed by atoms with Crippen molar-refractivity contribution in [3.05, 3.63) is 57.8 Å². The van der Waals surface area contributed by atoms with Crippen LogP contribution in [0.3, 0.4) is 0 Å². The van der Waals surface area contributed by atoms with Gasteiger partial charge in [0.15, 0.2) is 0 Å². The molecule has 0 aliphatic carbocycles. The minimum absolute atomic E-state index is 0.269. The van der Waals surface area contributed by atoms with Crippen LogP contribution in [0, 0.1) is 0 Å². The number of pyridine rings is 1. The molecule has 1 aromatic heterocycles. The number of hydrogen-bond acceptors (Lipinski definition) is 2. The van der Waals surface area contributed by atoms with Crippen molar-refractivity contribution < 1.29 is 0 Å². The summed E-state index contributed by atoms with van der Waals surface area (Å²) in [5.74, 6) is 0. The number of hydrogen-bond donors (Lipinski definition) is 1. The van der Waals surface area contributed by atoms with Crippen molar-refractivity contribution in [1.82, 2.24) is 4.98 Å².